The summed E-state index contributed by atoms with van der Waals surface area (Å²) < 4.78 is 32.9. The molecular formula is C15H12BrClF2O. The molecule has 1 unspecified atom stereocenters. The van der Waals surface area contributed by atoms with Gasteiger partial charge in [-0.25, -0.2) is 8.78 Å². The molecule has 0 saturated heterocycles. The van der Waals surface area contributed by atoms with Crippen molar-refractivity contribution in [1.82, 2.24) is 0 Å². The number of methoxy groups -OCH3 is 1. The Morgan fingerprint density at radius 2 is 1.70 bits per heavy atom. The van der Waals surface area contributed by atoms with Crippen molar-refractivity contribution in [3.63, 3.8) is 0 Å². The molecule has 5 heteroatoms. The van der Waals surface area contributed by atoms with Crippen LogP contribution in [0, 0.1) is 18.6 Å². The molecule has 0 N–H and O–H groups in total. The van der Waals surface area contributed by atoms with E-state index in [0.717, 1.165) is 17.7 Å². The van der Waals surface area contributed by atoms with E-state index < -0.39 is 16.5 Å². The standard InChI is InChI=1S/C15H12BrClF2O/c1-8-3-9(5-10(17)4-8)15(16)14-12(18)6-11(20-2)7-13(14)19/h3-7,15H,1-2H3. The van der Waals surface area contributed by atoms with Crippen LogP contribution >= 0.6 is 27.5 Å². The molecule has 2 aromatic rings. The number of rotatable bonds is 3. The maximum atomic E-state index is 14.1. The van der Waals surface area contributed by atoms with Gasteiger partial charge in [0, 0.05) is 22.7 Å². The Morgan fingerprint density at radius 3 is 2.20 bits per heavy atom. The Balaban J connectivity index is 2.50. The van der Waals surface area contributed by atoms with Crippen LogP contribution in [-0.4, -0.2) is 7.11 Å². The first-order valence-corrected chi connectivity index (χ1v) is 7.16. The van der Waals surface area contributed by atoms with Gasteiger partial charge in [-0.05, 0) is 30.2 Å². The third-order valence-corrected chi connectivity index (χ3v) is 4.10. The highest BCUT2D eigenvalue weighted by molar-refractivity contribution is 9.09. The number of ether oxygens (including phenoxy) is 1. The summed E-state index contributed by atoms with van der Waals surface area (Å²) in [5.41, 5.74) is 1.55. The molecule has 0 amide bonds. The zero-order valence-electron chi connectivity index (χ0n) is 10.9. The van der Waals surface area contributed by atoms with E-state index in [-0.39, 0.29) is 11.3 Å². The summed E-state index contributed by atoms with van der Waals surface area (Å²) in [7, 11) is 1.36. The number of alkyl halides is 1. The van der Waals surface area contributed by atoms with E-state index in [9.17, 15) is 8.78 Å². The third kappa shape index (κ3) is 3.13. The monoisotopic (exact) mass is 360 g/mol. The van der Waals surface area contributed by atoms with Gasteiger partial charge >= 0.3 is 0 Å². The van der Waals surface area contributed by atoms with E-state index >= 15 is 0 Å². The summed E-state index contributed by atoms with van der Waals surface area (Å²) >= 11 is 9.31. The van der Waals surface area contributed by atoms with Crippen molar-refractivity contribution in [2.45, 2.75) is 11.8 Å². The van der Waals surface area contributed by atoms with Gasteiger partial charge in [-0.3, -0.25) is 0 Å². The smallest absolute Gasteiger partial charge is 0.134 e. The first kappa shape index (κ1) is 15.3. The van der Waals surface area contributed by atoms with Gasteiger partial charge in [0.25, 0.3) is 0 Å². The van der Waals surface area contributed by atoms with E-state index in [1.54, 1.807) is 12.1 Å². The third-order valence-electron chi connectivity index (χ3n) is 2.90. The summed E-state index contributed by atoms with van der Waals surface area (Å²) in [6.07, 6.45) is 0. The van der Waals surface area contributed by atoms with Crippen molar-refractivity contribution >= 4 is 27.5 Å². The SMILES string of the molecule is COc1cc(F)c(C(Br)c2cc(C)cc(Cl)c2)c(F)c1. The molecule has 2 rings (SSSR count). The Hall–Kier alpha value is -1.13. The van der Waals surface area contributed by atoms with Crippen molar-refractivity contribution in [3.05, 3.63) is 63.7 Å². The molecule has 0 aromatic heterocycles. The minimum atomic E-state index is -0.665. The first-order chi connectivity index (χ1) is 9.42. The van der Waals surface area contributed by atoms with Gasteiger partial charge < -0.3 is 4.74 Å². The van der Waals surface area contributed by atoms with Crippen LogP contribution in [0.2, 0.25) is 5.02 Å². The summed E-state index contributed by atoms with van der Waals surface area (Å²) in [5, 5.41) is 0.527. The summed E-state index contributed by atoms with van der Waals surface area (Å²) in [4.78, 5) is -0.620. The van der Waals surface area contributed by atoms with E-state index in [1.165, 1.54) is 7.11 Å². The molecule has 0 aliphatic heterocycles. The quantitative estimate of drug-likeness (QED) is 0.663. The average molecular weight is 362 g/mol. The molecule has 0 spiro atoms. The molecule has 0 radical (unpaired) electrons. The first-order valence-electron chi connectivity index (χ1n) is 5.86. The number of hydrogen-bond acceptors (Lipinski definition) is 1. The molecule has 0 saturated carbocycles. The second kappa shape index (κ2) is 6.10. The molecule has 0 bridgehead atoms. The number of halogens is 4. The summed E-state index contributed by atoms with van der Waals surface area (Å²) in [6, 6.07) is 7.60. The van der Waals surface area contributed by atoms with Crippen LogP contribution in [0.25, 0.3) is 0 Å². The number of benzene rings is 2. The van der Waals surface area contributed by atoms with Crippen LogP contribution in [-0.2, 0) is 0 Å². The van der Waals surface area contributed by atoms with Crippen molar-refractivity contribution < 1.29 is 13.5 Å². The lowest BCUT2D eigenvalue weighted by atomic mass is 10.0. The minimum absolute atomic E-state index is 0.0625. The lowest BCUT2D eigenvalue weighted by molar-refractivity contribution is 0.405. The fourth-order valence-electron chi connectivity index (χ4n) is 2.00. The van der Waals surface area contributed by atoms with Gasteiger partial charge in [-0.15, -0.1) is 0 Å². The lowest BCUT2D eigenvalue weighted by Gasteiger charge is -2.15. The highest BCUT2D eigenvalue weighted by atomic mass is 79.9. The van der Waals surface area contributed by atoms with Crippen LogP contribution in [0.4, 0.5) is 8.78 Å². The Labute approximate surface area is 129 Å². The zero-order valence-corrected chi connectivity index (χ0v) is 13.2. The molecule has 1 atom stereocenters. The predicted molar refractivity (Wildman–Crippen MR) is 79.9 cm³/mol. The van der Waals surface area contributed by atoms with Crippen LogP contribution in [0.3, 0.4) is 0 Å². The summed E-state index contributed by atoms with van der Waals surface area (Å²) in [5.74, 6) is -1.19. The zero-order chi connectivity index (χ0) is 14.9. The number of aryl methyl sites for hydroxylation is 1. The normalized spacial score (nSPS) is 12.3. The fraction of sp³-hybridized carbons (Fsp3) is 0.200. The van der Waals surface area contributed by atoms with Crippen molar-refractivity contribution in [1.29, 1.82) is 0 Å². The van der Waals surface area contributed by atoms with E-state index in [4.69, 9.17) is 16.3 Å². The predicted octanol–water partition coefficient (Wildman–Crippen LogP) is 5.42. The van der Waals surface area contributed by atoms with Crippen LogP contribution < -0.4 is 4.74 Å². The van der Waals surface area contributed by atoms with E-state index in [0.29, 0.717) is 10.6 Å². The molecule has 20 heavy (non-hydrogen) atoms. The van der Waals surface area contributed by atoms with Gasteiger partial charge in [0.15, 0.2) is 0 Å². The Kier molecular flexibility index (Phi) is 4.66. The Bertz CT molecular complexity index is 603. The van der Waals surface area contributed by atoms with Gasteiger partial charge in [0.1, 0.15) is 17.4 Å². The fourth-order valence-corrected chi connectivity index (χ4v) is 3.00. The summed E-state index contributed by atoms with van der Waals surface area (Å²) in [6.45, 7) is 1.87. The van der Waals surface area contributed by atoms with Gasteiger partial charge in [0.2, 0.25) is 0 Å². The largest absolute Gasteiger partial charge is 0.497 e. The maximum absolute atomic E-state index is 14.1. The molecule has 0 aliphatic carbocycles. The molecule has 0 heterocycles. The van der Waals surface area contributed by atoms with Crippen molar-refractivity contribution in [3.8, 4) is 5.75 Å². The van der Waals surface area contributed by atoms with Gasteiger partial charge in [-0.1, -0.05) is 33.6 Å². The molecule has 0 aliphatic rings. The van der Waals surface area contributed by atoms with Crippen LogP contribution in [0.5, 0.6) is 5.75 Å². The highest BCUT2D eigenvalue weighted by Crippen LogP contribution is 2.37. The highest BCUT2D eigenvalue weighted by Gasteiger charge is 2.21. The topological polar surface area (TPSA) is 9.23 Å². The lowest BCUT2D eigenvalue weighted by Crippen LogP contribution is -2.02. The van der Waals surface area contributed by atoms with Crippen LogP contribution in [0.15, 0.2) is 30.3 Å². The molecule has 0 fully saturated rings. The van der Waals surface area contributed by atoms with Crippen molar-refractivity contribution in [2.75, 3.05) is 7.11 Å². The van der Waals surface area contributed by atoms with E-state index in [1.807, 2.05) is 13.0 Å². The number of hydrogen-bond donors (Lipinski definition) is 0. The van der Waals surface area contributed by atoms with Crippen LogP contribution in [0.1, 0.15) is 21.5 Å². The van der Waals surface area contributed by atoms with Gasteiger partial charge in [-0.2, -0.15) is 0 Å². The van der Waals surface area contributed by atoms with E-state index in [2.05, 4.69) is 15.9 Å². The second-order valence-electron chi connectivity index (χ2n) is 4.43. The minimum Gasteiger partial charge on any atom is -0.497 e. The maximum Gasteiger partial charge on any atom is 0.134 e. The van der Waals surface area contributed by atoms with Gasteiger partial charge in [0.05, 0.1) is 11.9 Å². The average Bonchev–Trinajstić information content (AvgIpc) is 2.36. The van der Waals surface area contributed by atoms with Crippen molar-refractivity contribution in [2.24, 2.45) is 0 Å². The molecule has 1 nitrogen and oxygen atoms in total. The molecular weight excluding hydrogens is 350 g/mol. The molecule has 106 valence electrons. The molecule has 2 aromatic carbocycles. The Morgan fingerprint density at radius 1 is 1.10 bits per heavy atom. The second-order valence-corrected chi connectivity index (χ2v) is 5.78.